The van der Waals surface area contributed by atoms with E-state index >= 15 is 0 Å². The third-order valence-corrected chi connectivity index (χ3v) is 3.31. The quantitative estimate of drug-likeness (QED) is 0.826. The van der Waals surface area contributed by atoms with Crippen LogP contribution in [0.25, 0.3) is 0 Å². The Morgan fingerprint density at radius 3 is 3.05 bits per heavy atom. The number of rotatable bonds is 5. The average Bonchev–Trinajstić information content (AvgIpc) is 3.09. The minimum absolute atomic E-state index is 0.120. The predicted molar refractivity (Wildman–Crippen MR) is 70.0 cm³/mol. The van der Waals surface area contributed by atoms with E-state index in [-0.39, 0.29) is 12.0 Å². The smallest absolute Gasteiger partial charge is 0.270 e. The Labute approximate surface area is 112 Å². The molecule has 1 aliphatic carbocycles. The van der Waals surface area contributed by atoms with Gasteiger partial charge in [-0.15, -0.1) is 0 Å². The maximum atomic E-state index is 11.9. The third kappa shape index (κ3) is 3.41. The molecule has 0 radical (unpaired) electrons. The molecule has 0 bridgehead atoms. The average molecular weight is 262 g/mol. The van der Waals surface area contributed by atoms with Crippen molar-refractivity contribution in [3.8, 4) is 0 Å². The van der Waals surface area contributed by atoms with Crippen LogP contribution < -0.4 is 10.6 Å². The Morgan fingerprint density at radius 2 is 2.32 bits per heavy atom. The van der Waals surface area contributed by atoms with Gasteiger partial charge in [0.15, 0.2) is 0 Å². The number of nitrogens with zero attached hydrogens (tertiary/aromatic N) is 2. The molecule has 2 heterocycles. The molecule has 6 nitrogen and oxygen atoms in total. The Morgan fingerprint density at radius 1 is 1.42 bits per heavy atom. The van der Waals surface area contributed by atoms with Crippen LogP contribution in [0.15, 0.2) is 12.3 Å². The molecule has 1 saturated carbocycles. The Hall–Kier alpha value is -1.69. The van der Waals surface area contributed by atoms with E-state index in [0.29, 0.717) is 24.2 Å². The molecule has 1 atom stereocenters. The number of aromatic nitrogens is 2. The van der Waals surface area contributed by atoms with Gasteiger partial charge in [0.05, 0.1) is 6.10 Å². The molecule has 2 fully saturated rings. The number of carbonyl (C=O) groups excluding carboxylic acids is 1. The van der Waals surface area contributed by atoms with E-state index in [2.05, 4.69) is 20.6 Å². The molecule has 19 heavy (non-hydrogen) atoms. The van der Waals surface area contributed by atoms with E-state index < -0.39 is 0 Å². The number of hydrogen-bond donors (Lipinski definition) is 2. The first kappa shape index (κ1) is 12.3. The zero-order valence-corrected chi connectivity index (χ0v) is 10.8. The van der Waals surface area contributed by atoms with Gasteiger partial charge in [-0.3, -0.25) is 4.79 Å². The van der Waals surface area contributed by atoms with E-state index in [1.807, 2.05) is 0 Å². The fourth-order valence-electron chi connectivity index (χ4n) is 2.07. The highest BCUT2D eigenvalue weighted by Gasteiger charge is 2.24. The van der Waals surface area contributed by atoms with E-state index in [4.69, 9.17) is 4.74 Å². The molecule has 102 valence electrons. The summed E-state index contributed by atoms with van der Waals surface area (Å²) in [6.45, 7) is 1.52. The minimum Gasteiger partial charge on any atom is -0.376 e. The summed E-state index contributed by atoms with van der Waals surface area (Å²) in [4.78, 5) is 20.2. The van der Waals surface area contributed by atoms with Gasteiger partial charge in [-0.1, -0.05) is 0 Å². The third-order valence-electron chi connectivity index (χ3n) is 3.31. The topological polar surface area (TPSA) is 76.1 Å². The van der Waals surface area contributed by atoms with Gasteiger partial charge in [-0.05, 0) is 31.7 Å². The molecular formula is C13H18N4O2. The number of amides is 1. The number of nitrogens with one attached hydrogen (secondary N) is 2. The largest absolute Gasteiger partial charge is 0.376 e. The summed E-state index contributed by atoms with van der Waals surface area (Å²) in [7, 11) is 0. The second kappa shape index (κ2) is 5.52. The second-order valence-electron chi connectivity index (χ2n) is 5.03. The van der Waals surface area contributed by atoms with Crippen LogP contribution in [0.3, 0.4) is 0 Å². The summed E-state index contributed by atoms with van der Waals surface area (Å²) in [5.74, 6) is 0.365. The van der Waals surface area contributed by atoms with Crippen molar-refractivity contribution in [2.24, 2.45) is 0 Å². The first-order chi connectivity index (χ1) is 9.31. The summed E-state index contributed by atoms with van der Waals surface area (Å²) < 4.78 is 5.52. The van der Waals surface area contributed by atoms with Gasteiger partial charge in [-0.2, -0.15) is 0 Å². The second-order valence-corrected chi connectivity index (χ2v) is 5.03. The summed E-state index contributed by atoms with van der Waals surface area (Å²) in [6.07, 6.45) is 6.15. The van der Waals surface area contributed by atoms with Crippen molar-refractivity contribution >= 4 is 11.9 Å². The summed E-state index contributed by atoms with van der Waals surface area (Å²) in [5.41, 5.74) is 0.414. The van der Waals surface area contributed by atoms with Crippen molar-refractivity contribution in [1.29, 1.82) is 0 Å². The van der Waals surface area contributed by atoms with Gasteiger partial charge < -0.3 is 15.4 Å². The van der Waals surface area contributed by atoms with Crippen molar-refractivity contribution < 1.29 is 9.53 Å². The van der Waals surface area contributed by atoms with Gasteiger partial charge >= 0.3 is 0 Å². The van der Waals surface area contributed by atoms with Crippen molar-refractivity contribution in [3.05, 3.63) is 18.0 Å². The zero-order chi connectivity index (χ0) is 13.1. The maximum absolute atomic E-state index is 11.9. The van der Waals surface area contributed by atoms with Gasteiger partial charge in [0, 0.05) is 25.4 Å². The van der Waals surface area contributed by atoms with Crippen LogP contribution in [-0.4, -0.2) is 41.2 Å². The number of carbonyl (C=O) groups is 1. The number of ether oxygens (including phenoxy) is 1. The monoisotopic (exact) mass is 262 g/mol. The Bertz CT molecular complexity index is 456. The molecule has 1 aromatic heterocycles. The summed E-state index contributed by atoms with van der Waals surface area (Å²) >= 11 is 0. The molecular weight excluding hydrogens is 244 g/mol. The lowest BCUT2D eigenvalue weighted by atomic mass is 10.2. The molecule has 0 spiro atoms. The van der Waals surface area contributed by atoms with Crippen LogP contribution in [-0.2, 0) is 4.74 Å². The molecule has 1 amide bonds. The fourth-order valence-corrected chi connectivity index (χ4v) is 2.07. The van der Waals surface area contributed by atoms with Gasteiger partial charge in [0.1, 0.15) is 5.69 Å². The Balaban J connectivity index is 1.56. The predicted octanol–water partition coefficient (Wildman–Crippen LogP) is 0.960. The van der Waals surface area contributed by atoms with Crippen LogP contribution in [0.4, 0.5) is 5.95 Å². The van der Waals surface area contributed by atoms with Crippen LogP contribution in [0.1, 0.15) is 36.2 Å². The SMILES string of the molecule is O=C(NC1CC1)c1ccnc(NCC2CCCO2)n1. The highest BCUT2D eigenvalue weighted by atomic mass is 16.5. The molecule has 1 saturated heterocycles. The molecule has 1 aromatic rings. The van der Waals surface area contributed by atoms with Crippen molar-refractivity contribution in [2.75, 3.05) is 18.5 Å². The minimum atomic E-state index is -0.120. The molecule has 1 unspecified atom stereocenters. The molecule has 6 heteroatoms. The fraction of sp³-hybridized carbons (Fsp3) is 0.615. The molecule has 2 aliphatic rings. The molecule has 2 N–H and O–H groups in total. The van der Waals surface area contributed by atoms with E-state index in [1.165, 1.54) is 0 Å². The highest BCUT2D eigenvalue weighted by Crippen LogP contribution is 2.19. The molecule has 1 aliphatic heterocycles. The van der Waals surface area contributed by atoms with Crippen LogP contribution in [0.2, 0.25) is 0 Å². The van der Waals surface area contributed by atoms with Gasteiger partial charge in [-0.25, -0.2) is 9.97 Å². The first-order valence-electron chi connectivity index (χ1n) is 6.80. The van der Waals surface area contributed by atoms with Gasteiger partial charge in [0.2, 0.25) is 5.95 Å². The standard InChI is InChI=1S/C13H18N4O2/c18-12(16-9-3-4-9)11-5-6-14-13(17-11)15-8-10-2-1-7-19-10/h5-6,9-10H,1-4,7-8H2,(H,16,18)(H,14,15,17). The number of anilines is 1. The Kier molecular flexibility index (Phi) is 3.59. The van der Waals surface area contributed by atoms with Crippen LogP contribution in [0, 0.1) is 0 Å². The highest BCUT2D eigenvalue weighted by molar-refractivity contribution is 5.92. The zero-order valence-electron chi connectivity index (χ0n) is 10.8. The summed E-state index contributed by atoms with van der Waals surface area (Å²) in [6, 6.07) is 1.97. The molecule has 0 aromatic carbocycles. The summed E-state index contributed by atoms with van der Waals surface area (Å²) in [5, 5.41) is 6.04. The number of hydrogen-bond acceptors (Lipinski definition) is 5. The lowest BCUT2D eigenvalue weighted by molar-refractivity contribution is 0.0946. The van der Waals surface area contributed by atoms with Crippen molar-refractivity contribution in [3.63, 3.8) is 0 Å². The first-order valence-corrected chi connectivity index (χ1v) is 6.80. The van der Waals surface area contributed by atoms with Crippen LogP contribution >= 0.6 is 0 Å². The van der Waals surface area contributed by atoms with Crippen molar-refractivity contribution in [2.45, 2.75) is 37.8 Å². The van der Waals surface area contributed by atoms with Crippen LogP contribution in [0.5, 0.6) is 0 Å². The molecule has 3 rings (SSSR count). The lowest BCUT2D eigenvalue weighted by Gasteiger charge is -2.11. The van der Waals surface area contributed by atoms with Crippen molar-refractivity contribution in [1.82, 2.24) is 15.3 Å². The van der Waals surface area contributed by atoms with E-state index in [1.54, 1.807) is 12.3 Å². The lowest BCUT2D eigenvalue weighted by Crippen LogP contribution is -2.27. The normalized spacial score (nSPS) is 22.2. The van der Waals surface area contributed by atoms with Gasteiger partial charge in [0.25, 0.3) is 5.91 Å². The van der Waals surface area contributed by atoms with E-state index in [0.717, 1.165) is 32.3 Å². The maximum Gasteiger partial charge on any atom is 0.270 e. The van der Waals surface area contributed by atoms with E-state index in [9.17, 15) is 4.79 Å².